The Morgan fingerprint density at radius 3 is 2.54 bits per heavy atom. The third-order valence-corrected chi connectivity index (χ3v) is 5.02. The maximum Gasteiger partial charge on any atom is 0.191 e. The Morgan fingerprint density at radius 1 is 1.21 bits per heavy atom. The second kappa shape index (κ2) is 11.7. The number of guanidine groups is 1. The molecular weight excluding hydrogens is 455 g/mol. The van der Waals surface area contributed by atoms with Crippen LogP contribution in [0.15, 0.2) is 35.5 Å². The van der Waals surface area contributed by atoms with Crippen molar-refractivity contribution < 1.29 is 0 Å². The first-order valence-electron chi connectivity index (χ1n) is 7.84. The van der Waals surface area contributed by atoms with E-state index in [0.29, 0.717) is 0 Å². The molecule has 0 amide bonds. The van der Waals surface area contributed by atoms with Gasteiger partial charge in [0, 0.05) is 42.7 Å². The fraction of sp³-hybridized carbons (Fsp3) is 0.412. The Hall–Kier alpha value is -0.860. The maximum atomic E-state index is 6.16. The summed E-state index contributed by atoms with van der Waals surface area (Å²) in [6.45, 7) is 3.77. The third-order valence-electron chi connectivity index (χ3n) is 3.45. The molecule has 1 heterocycles. The van der Waals surface area contributed by atoms with E-state index in [1.54, 1.807) is 18.4 Å². The monoisotopic (exact) mass is 478 g/mol. The molecule has 0 saturated heterocycles. The van der Waals surface area contributed by atoms with E-state index in [1.807, 2.05) is 30.5 Å². The summed E-state index contributed by atoms with van der Waals surface area (Å²) in [4.78, 5) is 10.00. The number of thiazole rings is 1. The first-order chi connectivity index (χ1) is 11.2. The largest absolute Gasteiger partial charge is 0.356 e. The van der Waals surface area contributed by atoms with Gasteiger partial charge in [0.05, 0.1) is 5.01 Å². The van der Waals surface area contributed by atoms with Crippen LogP contribution < -0.4 is 10.6 Å². The highest BCUT2D eigenvalue weighted by molar-refractivity contribution is 14.0. The summed E-state index contributed by atoms with van der Waals surface area (Å²) >= 11 is 7.94. The summed E-state index contributed by atoms with van der Waals surface area (Å²) in [5.41, 5.74) is 1.15. The van der Waals surface area contributed by atoms with Gasteiger partial charge in [-0.3, -0.25) is 4.99 Å². The average molecular weight is 479 g/mol. The van der Waals surface area contributed by atoms with Crippen molar-refractivity contribution in [3.05, 3.63) is 50.9 Å². The summed E-state index contributed by atoms with van der Waals surface area (Å²) in [5, 5.41) is 8.61. The number of hydrogen-bond acceptors (Lipinski definition) is 3. The van der Waals surface area contributed by atoms with E-state index in [0.717, 1.165) is 48.9 Å². The Labute approximate surface area is 170 Å². The molecule has 0 radical (unpaired) electrons. The molecule has 0 bridgehead atoms. The Morgan fingerprint density at radius 2 is 1.92 bits per heavy atom. The number of rotatable bonds is 7. The molecule has 24 heavy (non-hydrogen) atoms. The lowest BCUT2D eigenvalue weighted by atomic mass is 10.1. The van der Waals surface area contributed by atoms with E-state index >= 15 is 0 Å². The van der Waals surface area contributed by atoms with Crippen molar-refractivity contribution in [3.8, 4) is 0 Å². The minimum atomic E-state index is 0. The molecule has 0 fully saturated rings. The first kappa shape index (κ1) is 21.2. The second-order valence-electron chi connectivity index (χ2n) is 5.09. The van der Waals surface area contributed by atoms with Crippen LogP contribution in [0.1, 0.15) is 22.4 Å². The Bertz CT molecular complexity index is 645. The van der Waals surface area contributed by atoms with Gasteiger partial charge in [-0.15, -0.1) is 35.3 Å². The second-order valence-corrected chi connectivity index (χ2v) is 6.70. The molecule has 2 N–H and O–H groups in total. The Balaban J connectivity index is 0.00000288. The number of nitrogens with one attached hydrogen (secondary N) is 2. The fourth-order valence-corrected chi connectivity index (χ4v) is 3.24. The van der Waals surface area contributed by atoms with Crippen molar-refractivity contribution in [1.82, 2.24) is 15.6 Å². The Kier molecular flexibility index (Phi) is 10.3. The number of aliphatic imine (C=N–C) groups is 1. The molecule has 0 spiro atoms. The van der Waals surface area contributed by atoms with E-state index in [4.69, 9.17) is 11.6 Å². The van der Waals surface area contributed by atoms with Crippen LogP contribution in [0, 0.1) is 0 Å². The number of benzene rings is 1. The van der Waals surface area contributed by atoms with Crippen LogP contribution in [0.3, 0.4) is 0 Å². The highest BCUT2D eigenvalue weighted by Crippen LogP contribution is 2.15. The van der Waals surface area contributed by atoms with Gasteiger partial charge in [0.15, 0.2) is 5.96 Å². The molecule has 0 unspecified atom stereocenters. The minimum Gasteiger partial charge on any atom is -0.356 e. The first-order valence-corrected chi connectivity index (χ1v) is 9.04. The summed E-state index contributed by atoms with van der Waals surface area (Å²) < 4.78 is 0. The fourth-order valence-electron chi connectivity index (χ4n) is 2.15. The third kappa shape index (κ3) is 6.94. The summed E-state index contributed by atoms with van der Waals surface area (Å²) in [7, 11) is 1.78. The molecule has 0 atom stereocenters. The number of hydrogen-bond donors (Lipinski definition) is 2. The van der Waals surface area contributed by atoms with Crippen LogP contribution in [-0.2, 0) is 19.3 Å². The lowest BCUT2D eigenvalue weighted by Gasteiger charge is -2.11. The molecular formula is C17H24ClIN4S. The summed E-state index contributed by atoms with van der Waals surface area (Å²) in [6.07, 6.45) is 4.80. The zero-order valence-corrected chi connectivity index (χ0v) is 17.9. The van der Waals surface area contributed by atoms with Gasteiger partial charge in [0.2, 0.25) is 0 Å². The van der Waals surface area contributed by atoms with Crippen molar-refractivity contribution in [2.24, 2.45) is 4.99 Å². The lowest BCUT2D eigenvalue weighted by Crippen LogP contribution is -2.39. The van der Waals surface area contributed by atoms with E-state index in [1.165, 1.54) is 9.88 Å². The quantitative estimate of drug-likeness (QED) is 0.360. The number of halogens is 2. The standard InChI is InChI=1S/C17H23ClN4S.HI/c1-3-14-12-22-16(23-14)9-11-21-17(19-2)20-10-8-13-6-4-5-7-15(13)18;/h4-7,12H,3,8-11H2,1-2H3,(H2,19,20,21);1H. The molecule has 1 aromatic heterocycles. The van der Waals surface area contributed by atoms with Gasteiger partial charge >= 0.3 is 0 Å². The molecule has 132 valence electrons. The van der Waals surface area contributed by atoms with Crippen molar-refractivity contribution in [3.63, 3.8) is 0 Å². The van der Waals surface area contributed by atoms with Gasteiger partial charge in [-0.1, -0.05) is 36.7 Å². The maximum absolute atomic E-state index is 6.16. The van der Waals surface area contributed by atoms with Crippen LogP contribution in [-0.4, -0.2) is 31.1 Å². The molecule has 0 saturated carbocycles. The zero-order chi connectivity index (χ0) is 16.5. The smallest absolute Gasteiger partial charge is 0.191 e. The lowest BCUT2D eigenvalue weighted by molar-refractivity contribution is 0.782. The molecule has 2 aromatic rings. The zero-order valence-electron chi connectivity index (χ0n) is 14.0. The van der Waals surface area contributed by atoms with Gasteiger partial charge in [0.1, 0.15) is 0 Å². The van der Waals surface area contributed by atoms with Crippen LogP contribution in [0.25, 0.3) is 0 Å². The number of aryl methyl sites for hydroxylation is 1. The molecule has 0 aliphatic rings. The molecule has 2 rings (SSSR count). The molecule has 0 aliphatic carbocycles. The van der Waals surface area contributed by atoms with Crippen molar-refractivity contribution >= 4 is 52.9 Å². The highest BCUT2D eigenvalue weighted by atomic mass is 127. The van der Waals surface area contributed by atoms with E-state index in [9.17, 15) is 0 Å². The van der Waals surface area contributed by atoms with Crippen molar-refractivity contribution in [2.45, 2.75) is 26.2 Å². The van der Waals surface area contributed by atoms with E-state index in [2.05, 4.69) is 27.5 Å². The topological polar surface area (TPSA) is 49.3 Å². The average Bonchev–Trinajstić information content (AvgIpc) is 3.03. The highest BCUT2D eigenvalue weighted by Gasteiger charge is 2.03. The van der Waals surface area contributed by atoms with Crippen LogP contribution in [0.5, 0.6) is 0 Å². The summed E-state index contributed by atoms with van der Waals surface area (Å²) in [5.74, 6) is 0.810. The number of nitrogens with zero attached hydrogens (tertiary/aromatic N) is 2. The van der Waals surface area contributed by atoms with Gasteiger partial charge in [-0.25, -0.2) is 4.98 Å². The van der Waals surface area contributed by atoms with Crippen LogP contribution in [0.2, 0.25) is 5.02 Å². The molecule has 4 nitrogen and oxygen atoms in total. The molecule has 7 heteroatoms. The molecule has 1 aromatic carbocycles. The SMILES string of the molecule is CCc1cnc(CCNC(=NC)NCCc2ccccc2Cl)s1.I. The van der Waals surface area contributed by atoms with Crippen LogP contribution in [0.4, 0.5) is 0 Å². The van der Waals surface area contributed by atoms with Crippen molar-refractivity contribution in [1.29, 1.82) is 0 Å². The van der Waals surface area contributed by atoms with Gasteiger partial charge in [-0.05, 0) is 24.5 Å². The predicted octanol–water partition coefficient (Wildman–Crippen LogP) is 3.93. The van der Waals surface area contributed by atoms with Gasteiger partial charge in [-0.2, -0.15) is 0 Å². The van der Waals surface area contributed by atoms with Crippen molar-refractivity contribution in [2.75, 3.05) is 20.1 Å². The molecule has 0 aliphatic heterocycles. The van der Waals surface area contributed by atoms with Crippen LogP contribution >= 0.6 is 46.9 Å². The minimum absolute atomic E-state index is 0. The summed E-state index contributed by atoms with van der Waals surface area (Å²) in [6, 6.07) is 7.92. The normalized spacial score (nSPS) is 11.0. The van der Waals surface area contributed by atoms with Gasteiger partial charge in [0.25, 0.3) is 0 Å². The van der Waals surface area contributed by atoms with E-state index in [-0.39, 0.29) is 24.0 Å². The predicted molar refractivity (Wildman–Crippen MR) is 115 cm³/mol. The number of aromatic nitrogens is 1. The van der Waals surface area contributed by atoms with E-state index < -0.39 is 0 Å². The van der Waals surface area contributed by atoms with Gasteiger partial charge < -0.3 is 10.6 Å².